The summed E-state index contributed by atoms with van der Waals surface area (Å²) in [5.41, 5.74) is 2.28. The van der Waals surface area contributed by atoms with E-state index >= 15 is 0 Å². The number of fused-ring (bicyclic) bond motifs is 1. The van der Waals surface area contributed by atoms with Gasteiger partial charge in [-0.05, 0) is 36.4 Å². The topological polar surface area (TPSA) is 93.5 Å². The normalized spacial score (nSPS) is 10.8. The average molecular weight is 436 g/mol. The maximum atomic E-state index is 13.1. The van der Waals surface area contributed by atoms with Crippen LogP contribution in [-0.2, 0) is 11.3 Å². The minimum atomic E-state index is -0.497. The number of nitrogens with zero attached hydrogens (tertiary/aromatic N) is 1. The molecule has 2 N–H and O–H groups in total. The second kappa shape index (κ2) is 8.99. The number of halogens is 1. The lowest BCUT2D eigenvalue weighted by Gasteiger charge is -2.12. The number of amides is 2. The van der Waals surface area contributed by atoms with Crippen LogP contribution < -0.4 is 10.6 Å². The van der Waals surface area contributed by atoms with Crippen molar-refractivity contribution >= 4 is 45.8 Å². The summed E-state index contributed by atoms with van der Waals surface area (Å²) in [5, 5.41) is 6.68. The van der Waals surface area contributed by atoms with Gasteiger partial charge in [-0.3, -0.25) is 14.6 Å². The molecule has 0 fully saturated rings. The number of furan rings is 1. The van der Waals surface area contributed by atoms with Gasteiger partial charge >= 0.3 is 0 Å². The predicted molar refractivity (Wildman–Crippen MR) is 119 cm³/mol. The minimum Gasteiger partial charge on any atom is -0.451 e. The van der Waals surface area contributed by atoms with Gasteiger partial charge in [0.15, 0.2) is 5.76 Å². The van der Waals surface area contributed by atoms with Gasteiger partial charge in [0.05, 0.1) is 17.9 Å². The quantitative estimate of drug-likeness (QED) is 0.437. The van der Waals surface area contributed by atoms with Gasteiger partial charge in [0.2, 0.25) is 0 Å². The van der Waals surface area contributed by atoms with E-state index in [0.717, 1.165) is 5.39 Å². The highest BCUT2D eigenvalue weighted by Gasteiger charge is 2.22. The van der Waals surface area contributed by atoms with Gasteiger partial charge in [-0.25, -0.2) is 0 Å². The number of ether oxygens (including phenoxy) is 1. The van der Waals surface area contributed by atoms with Crippen LogP contribution in [0.3, 0.4) is 0 Å². The summed E-state index contributed by atoms with van der Waals surface area (Å²) in [6.45, 7) is 0.204. The number of methoxy groups -OCH3 is 1. The Hall–Kier alpha value is -3.68. The molecule has 0 atom stereocenters. The van der Waals surface area contributed by atoms with Gasteiger partial charge in [-0.2, -0.15) is 0 Å². The first-order chi connectivity index (χ1) is 15.1. The number of aromatic nitrogens is 1. The zero-order valence-corrected chi connectivity index (χ0v) is 17.3. The molecule has 0 spiro atoms. The van der Waals surface area contributed by atoms with E-state index in [-0.39, 0.29) is 17.9 Å². The molecule has 0 saturated carbocycles. The first-order valence-corrected chi connectivity index (χ1v) is 9.76. The van der Waals surface area contributed by atoms with Crippen LogP contribution in [0.2, 0.25) is 5.02 Å². The second-order valence-corrected chi connectivity index (χ2v) is 7.11. The van der Waals surface area contributed by atoms with Crippen molar-refractivity contribution < 1.29 is 18.7 Å². The van der Waals surface area contributed by atoms with Gasteiger partial charge < -0.3 is 19.8 Å². The van der Waals surface area contributed by atoms with Gasteiger partial charge in [0.1, 0.15) is 5.58 Å². The fraction of sp³-hybridized carbons (Fsp3) is 0.0870. The van der Waals surface area contributed by atoms with Gasteiger partial charge in [0, 0.05) is 41.2 Å². The Balaban J connectivity index is 1.65. The van der Waals surface area contributed by atoms with Crippen molar-refractivity contribution in [1.29, 1.82) is 0 Å². The molecule has 156 valence electrons. The monoisotopic (exact) mass is 435 g/mol. The van der Waals surface area contributed by atoms with Crippen LogP contribution in [0, 0.1) is 0 Å². The van der Waals surface area contributed by atoms with Gasteiger partial charge in [-0.1, -0.05) is 29.8 Å². The summed E-state index contributed by atoms with van der Waals surface area (Å²) in [6, 6.07) is 15.3. The van der Waals surface area contributed by atoms with Gasteiger partial charge in [-0.15, -0.1) is 0 Å². The lowest BCUT2D eigenvalue weighted by Crippen LogP contribution is -2.19. The molecule has 0 aliphatic carbocycles. The van der Waals surface area contributed by atoms with Crippen molar-refractivity contribution in [3.63, 3.8) is 0 Å². The summed E-state index contributed by atoms with van der Waals surface area (Å²) in [7, 11) is 1.55. The number of para-hydroxylation sites is 1. The molecule has 0 unspecified atom stereocenters. The van der Waals surface area contributed by atoms with E-state index in [1.165, 1.54) is 6.07 Å². The molecular weight excluding hydrogens is 418 g/mol. The highest BCUT2D eigenvalue weighted by molar-refractivity contribution is 6.31. The molecule has 8 heteroatoms. The molecule has 31 heavy (non-hydrogen) atoms. The Morgan fingerprint density at radius 1 is 1.03 bits per heavy atom. The fourth-order valence-electron chi connectivity index (χ4n) is 3.20. The van der Waals surface area contributed by atoms with Crippen LogP contribution in [-0.4, -0.2) is 23.9 Å². The molecule has 2 aromatic heterocycles. The molecule has 0 aliphatic heterocycles. The third kappa shape index (κ3) is 4.42. The molecule has 0 bridgehead atoms. The van der Waals surface area contributed by atoms with Crippen molar-refractivity contribution in [2.45, 2.75) is 6.61 Å². The number of hydrogen-bond acceptors (Lipinski definition) is 5. The van der Waals surface area contributed by atoms with Crippen molar-refractivity contribution in [1.82, 2.24) is 4.98 Å². The van der Waals surface area contributed by atoms with E-state index in [4.69, 9.17) is 20.8 Å². The van der Waals surface area contributed by atoms with Gasteiger partial charge in [0.25, 0.3) is 11.8 Å². The maximum absolute atomic E-state index is 13.1. The third-order valence-electron chi connectivity index (χ3n) is 4.61. The van der Waals surface area contributed by atoms with Crippen LogP contribution >= 0.6 is 11.6 Å². The molecular formula is C23H18ClN3O4. The first kappa shape index (κ1) is 20.6. The maximum Gasteiger partial charge on any atom is 0.291 e. The molecule has 0 radical (unpaired) electrons. The number of anilines is 2. The fourth-order valence-corrected chi connectivity index (χ4v) is 3.37. The van der Waals surface area contributed by atoms with E-state index < -0.39 is 11.8 Å². The number of nitrogens with one attached hydrogen (secondary N) is 2. The molecule has 0 aliphatic rings. The van der Waals surface area contributed by atoms with Crippen molar-refractivity contribution in [2.75, 3.05) is 17.7 Å². The number of hydrogen-bond donors (Lipinski definition) is 2. The number of carbonyl (C=O) groups excluding carboxylic acids is 2. The lowest BCUT2D eigenvalue weighted by molar-refractivity contribution is 0.0992. The summed E-state index contributed by atoms with van der Waals surface area (Å²) in [6.07, 6.45) is 3.13. The van der Waals surface area contributed by atoms with Crippen LogP contribution in [0.1, 0.15) is 26.5 Å². The van der Waals surface area contributed by atoms with E-state index in [1.54, 1.807) is 49.8 Å². The number of benzene rings is 2. The van der Waals surface area contributed by atoms with E-state index in [2.05, 4.69) is 15.6 Å². The number of carbonyl (C=O) groups is 2. The summed E-state index contributed by atoms with van der Waals surface area (Å²) >= 11 is 6.10. The average Bonchev–Trinajstić information content (AvgIpc) is 3.15. The Labute approximate surface area is 183 Å². The molecule has 2 heterocycles. The Bertz CT molecular complexity index is 1250. The zero-order chi connectivity index (χ0) is 21.8. The molecule has 7 nitrogen and oxygen atoms in total. The van der Waals surface area contributed by atoms with Crippen LogP contribution in [0.4, 0.5) is 11.4 Å². The molecule has 2 amide bonds. The SMILES string of the molecule is COCc1c(C(=O)Nc2ccc(Cl)cc2C(=O)Nc2ccncc2)oc2ccccc12. The van der Waals surface area contributed by atoms with Crippen LogP contribution in [0.25, 0.3) is 11.0 Å². The van der Waals surface area contributed by atoms with Crippen molar-refractivity contribution in [2.24, 2.45) is 0 Å². The third-order valence-corrected chi connectivity index (χ3v) is 4.84. The van der Waals surface area contributed by atoms with Crippen LogP contribution in [0.15, 0.2) is 71.4 Å². The van der Waals surface area contributed by atoms with E-state index in [1.807, 2.05) is 18.2 Å². The van der Waals surface area contributed by atoms with Crippen molar-refractivity contribution in [3.05, 3.63) is 88.9 Å². The highest BCUT2D eigenvalue weighted by atomic mass is 35.5. The Morgan fingerprint density at radius 3 is 2.58 bits per heavy atom. The summed E-state index contributed by atoms with van der Waals surface area (Å²) in [4.78, 5) is 29.8. The largest absolute Gasteiger partial charge is 0.451 e. The molecule has 2 aromatic carbocycles. The standard InChI is InChI=1S/C23H18ClN3O4/c1-30-13-18-16-4-2-3-5-20(16)31-21(18)23(29)27-19-7-6-14(24)12-17(19)22(28)26-15-8-10-25-11-9-15/h2-12H,13H2,1H3,(H,27,29)(H,25,26,28). The van der Waals surface area contributed by atoms with Crippen LogP contribution in [0.5, 0.6) is 0 Å². The minimum absolute atomic E-state index is 0.124. The van der Waals surface area contributed by atoms with Crippen molar-refractivity contribution in [3.8, 4) is 0 Å². The number of rotatable bonds is 6. The lowest BCUT2D eigenvalue weighted by atomic mass is 10.1. The smallest absolute Gasteiger partial charge is 0.291 e. The first-order valence-electron chi connectivity index (χ1n) is 9.38. The number of pyridine rings is 1. The zero-order valence-electron chi connectivity index (χ0n) is 16.5. The molecule has 4 aromatic rings. The molecule has 0 saturated heterocycles. The van der Waals surface area contributed by atoms with E-state index in [0.29, 0.717) is 27.5 Å². The highest BCUT2D eigenvalue weighted by Crippen LogP contribution is 2.28. The molecule has 4 rings (SSSR count). The summed E-state index contributed by atoms with van der Waals surface area (Å²) in [5.74, 6) is -0.798. The van der Waals surface area contributed by atoms with E-state index in [9.17, 15) is 9.59 Å². The second-order valence-electron chi connectivity index (χ2n) is 6.67. The Kier molecular flexibility index (Phi) is 5.97. The summed E-state index contributed by atoms with van der Waals surface area (Å²) < 4.78 is 11.0. The Morgan fingerprint density at radius 2 is 1.81 bits per heavy atom. The predicted octanol–water partition coefficient (Wildman–Crippen LogP) is 5.13.